The lowest BCUT2D eigenvalue weighted by Gasteiger charge is -2.09. The van der Waals surface area contributed by atoms with Crippen LogP contribution in [0.1, 0.15) is 13.3 Å². The zero-order chi connectivity index (χ0) is 13.1. The zero-order valence-corrected chi connectivity index (χ0v) is 11.6. The lowest BCUT2D eigenvalue weighted by molar-refractivity contribution is 0.572. The minimum Gasteiger partial charge on any atom is -0.328 e. The fourth-order valence-corrected chi connectivity index (χ4v) is 2.99. The van der Waals surface area contributed by atoms with Crippen LogP contribution < -0.4 is 10.5 Å². The second-order valence-electron chi connectivity index (χ2n) is 3.74. The number of benzene rings is 1. The van der Waals surface area contributed by atoms with E-state index < -0.39 is 10.0 Å². The maximum Gasteiger partial charge on any atom is 0.242 e. The van der Waals surface area contributed by atoms with Gasteiger partial charge in [-0.1, -0.05) is 23.2 Å². The summed E-state index contributed by atoms with van der Waals surface area (Å²) in [7, 11) is -3.63. The molecule has 0 aliphatic heterocycles. The largest absolute Gasteiger partial charge is 0.328 e. The van der Waals surface area contributed by atoms with Gasteiger partial charge in [0.1, 0.15) is 4.90 Å². The molecule has 96 valence electrons. The Kier molecular flexibility index (Phi) is 5.22. The average Bonchev–Trinajstić information content (AvgIpc) is 2.20. The van der Waals surface area contributed by atoms with Crippen LogP contribution >= 0.6 is 23.2 Å². The van der Waals surface area contributed by atoms with E-state index >= 15 is 0 Å². The van der Waals surface area contributed by atoms with E-state index in [2.05, 4.69) is 4.72 Å². The molecule has 0 saturated heterocycles. The monoisotopic (exact) mass is 296 g/mol. The molecule has 1 unspecified atom stereocenters. The summed E-state index contributed by atoms with van der Waals surface area (Å²) in [6.07, 6.45) is 0.553. The predicted octanol–water partition coefficient (Wildman–Crippen LogP) is 2.01. The number of halogens is 2. The Morgan fingerprint density at radius 1 is 1.41 bits per heavy atom. The van der Waals surface area contributed by atoms with Gasteiger partial charge in [0.25, 0.3) is 0 Å². The normalized spacial score (nSPS) is 13.6. The van der Waals surface area contributed by atoms with E-state index in [-0.39, 0.29) is 22.5 Å². The van der Waals surface area contributed by atoms with Crippen molar-refractivity contribution in [2.75, 3.05) is 6.54 Å². The van der Waals surface area contributed by atoms with Crippen LogP contribution in [0, 0.1) is 0 Å². The van der Waals surface area contributed by atoms with E-state index in [1.54, 1.807) is 6.92 Å². The predicted molar refractivity (Wildman–Crippen MR) is 69.9 cm³/mol. The first-order chi connectivity index (χ1) is 7.83. The molecule has 0 aliphatic carbocycles. The van der Waals surface area contributed by atoms with Crippen molar-refractivity contribution in [1.29, 1.82) is 0 Å². The van der Waals surface area contributed by atoms with Gasteiger partial charge in [-0.3, -0.25) is 0 Å². The first-order valence-corrected chi connectivity index (χ1v) is 7.27. The molecule has 0 amide bonds. The number of nitrogens with one attached hydrogen (secondary N) is 1. The lowest BCUT2D eigenvalue weighted by atomic mass is 10.3. The summed E-state index contributed by atoms with van der Waals surface area (Å²) in [6, 6.07) is 4.24. The number of hydrogen-bond acceptors (Lipinski definition) is 3. The van der Waals surface area contributed by atoms with E-state index in [1.807, 2.05) is 0 Å². The van der Waals surface area contributed by atoms with Gasteiger partial charge in [0, 0.05) is 17.6 Å². The Balaban J connectivity index is 2.86. The molecule has 1 aromatic carbocycles. The second-order valence-corrected chi connectivity index (χ2v) is 6.32. The molecule has 17 heavy (non-hydrogen) atoms. The summed E-state index contributed by atoms with van der Waals surface area (Å²) in [4.78, 5) is -0.0173. The van der Waals surface area contributed by atoms with Gasteiger partial charge in [0.2, 0.25) is 10.0 Å². The summed E-state index contributed by atoms with van der Waals surface area (Å²) < 4.78 is 26.2. The molecular formula is C10H14Cl2N2O2S. The topological polar surface area (TPSA) is 72.2 Å². The molecule has 0 fully saturated rings. The summed E-state index contributed by atoms with van der Waals surface area (Å²) in [5, 5.41) is 0.463. The number of rotatable bonds is 5. The van der Waals surface area contributed by atoms with Crippen molar-refractivity contribution in [2.45, 2.75) is 24.3 Å². The highest BCUT2D eigenvalue weighted by atomic mass is 35.5. The fraction of sp³-hybridized carbons (Fsp3) is 0.400. The van der Waals surface area contributed by atoms with Crippen molar-refractivity contribution in [3.05, 3.63) is 28.2 Å². The summed E-state index contributed by atoms with van der Waals surface area (Å²) in [5.74, 6) is 0. The van der Waals surface area contributed by atoms with Crippen LogP contribution in [0.3, 0.4) is 0 Å². The molecule has 0 radical (unpaired) electrons. The highest BCUT2D eigenvalue weighted by molar-refractivity contribution is 7.89. The van der Waals surface area contributed by atoms with Crippen molar-refractivity contribution in [1.82, 2.24) is 4.72 Å². The first kappa shape index (κ1) is 14.7. The third-order valence-corrected chi connectivity index (χ3v) is 4.25. The van der Waals surface area contributed by atoms with Crippen LogP contribution in [-0.4, -0.2) is 21.0 Å². The van der Waals surface area contributed by atoms with Gasteiger partial charge in [-0.15, -0.1) is 0 Å². The highest BCUT2D eigenvalue weighted by Gasteiger charge is 2.17. The van der Waals surface area contributed by atoms with Crippen molar-refractivity contribution < 1.29 is 8.42 Å². The second kappa shape index (κ2) is 6.02. The maximum atomic E-state index is 11.9. The Morgan fingerprint density at radius 3 is 2.65 bits per heavy atom. The van der Waals surface area contributed by atoms with Crippen LogP contribution in [0.2, 0.25) is 10.0 Å². The molecule has 0 aromatic heterocycles. The Morgan fingerprint density at radius 2 is 2.06 bits per heavy atom. The van der Waals surface area contributed by atoms with Crippen LogP contribution in [0.25, 0.3) is 0 Å². The van der Waals surface area contributed by atoms with Crippen LogP contribution in [-0.2, 0) is 10.0 Å². The molecular weight excluding hydrogens is 283 g/mol. The fourth-order valence-electron chi connectivity index (χ4n) is 1.18. The number of sulfonamides is 1. The highest BCUT2D eigenvalue weighted by Crippen LogP contribution is 2.24. The van der Waals surface area contributed by atoms with Crippen LogP contribution in [0.5, 0.6) is 0 Å². The van der Waals surface area contributed by atoms with E-state index in [0.717, 1.165) is 0 Å². The van der Waals surface area contributed by atoms with Gasteiger partial charge >= 0.3 is 0 Å². The minimum absolute atomic E-state index is 0.0173. The van der Waals surface area contributed by atoms with Crippen LogP contribution in [0.15, 0.2) is 23.1 Å². The lowest BCUT2D eigenvalue weighted by Crippen LogP contribution is -2.29. The molecule has 7 heteroatoms. The SMILES string of the molecule is CC(N)CCNS(=O)(=O)c1cc(Cl)ccc1Cl. The third kappa shape index (κ3) is 4.44. The van der Waals surface area contributed by atoms with Crippen molar-refractivity contribution in [3.63, 3.8) is 0 Å². The smallest absolute Gasteiger partial charge is 0.242 e. The van der Waals surface area contributed by atoms with Gasteiger partial charge in [0.05, 0.1) is 5.02 Å². The molecule has 0 aliphatic rings. The molecule has 4 nitrogen and oxygen atoms in total. The van der Waals surface area contributed by atoms with Crippen LogP contribution in [0.4, 0.5) is 0 Å². The zero-order valence-electron chi connectivity index (χ0n) is 9.28. The van der Waals surface area contributed by atoms with Crippen molar-refractivity contribution in [2.24, 2.45) is 5.73 Å². The summed E-state index contributed by atoms with van der Waals surface area (Å²) in [5.41, 5.74) is 5.53. The van der Waals surface area contributed by atoms with Gasteiger partial charge in [-0.05, 0) is 31.5 Å². The molecule has 1 atom stereocenters. The van der Waals surface area contributed by atoms with Gasteiger partial charge < -0.3 is 5.73 Å². The summed E-state index contributed by atoms with van der Waals surface area (Å²) in [6.45, 7) is 2.07. The van der Waals surface area contributed by atoms with E-state index in [1.165, 1.54) is 18.2 Å². The van der Waals surface area contributed by atoms with Gasteiger partial charge in [-0.25, -0.2) is 13.1 Å². The Hall–Kier alpha value is -0.330. The van der Waals surface area contributed by atoms with Gasteiger partial charge in [0.15, 0.2) is 0 Å². The van der Waals surface area contributed by atoms with Crippen molar-refractivity contribution in [3.8, 4) is 0 Å². The van der Waals surface area contributed by atoms with Crippen molar-refractivity contribution >= 4 is 33.2 Å². The molecule has 3 N–H and O–H groups in total. The van der Waals surface area contributed by atoms with E-state index in [0.29, 0.717) is 11.4 Å². The molecule has 0 heterocycles. The average molecular weight is 297 g/mol. The maximum absolute atomic E-state index is 11.9. The Bertz CT molecular complexity index is 489. The molecule has 0 spiro atoms. The first-order valence-electron chi connectivity index (χ1n) is 5.03. The third-order valence-electron chi connectivity index (χ3n) is 2.07. The standard InChI is InChI=1S/C10H14Cl2N2O2S/c1-7(13)4-5-14-17(15,16)10-6-8(11)2-3-9(10)12/h2-3,6-7,14H,4-5,13H2,1H3. The number of nitrogens with two attached hydrogens (primary N) is 1. The summed E-state index contributed by atoms with van der Waals surface area (Å²) >= 11 is 11.6. The molecule has 0 bridgehead atoms. The van der Waals surface area contributed by atoms with Gasteiger partial charge in [-0.2, -0.15) is 0 Å². The number of hydrogen-bond donors (Lipinski definition) is 2. The molecule has 1 rings (SSSR count). The van der Waals surface area contributed by atoms with E-state index in [4.69, 9.17) is 28.9 Å². The van der Waals surface area contributed by atoms with E-state index in [9.17, 15) is 8.42 Å². The molecule has 1 aromatic rings. The minimum atomic E-state index is -3.63. The Labute approximate surface area is 111 Å². The quantitative estimate of drug-likeness (QED) is 0.873. The molecule has 0 saturated carbocycles.